The summed E-state index contributed by atoms with van der Waals surface area (Å²) >= 11 is 0. The van der Waals surface area contributed by atoms with Crippen molar-refractivity contribution in [3.63, 3.8) is 0 Å². The number of pyridine rings is 3. The summed E-state index contributed by atoms with van der Waals surface area (Å²) in [5, 5.41) is 13.5. The molecule has 42 heavy (non-hydrogen) atoms. The molecule has 1 aliphatic heterocycles. The number of aliphatic hydroxyl groups is 1. The fourth-order valence-corrected chi connectivity index (χ4v) is 6.27. The molecule has 1 amide bonds. The van der Waals surface area contributed by atoms with Gasteiger partial charge in [0.05, 0.1) is 45.7 Å². The highest BCUT2D eigenvalue weighted by atomic mass is 32.2. The van der Waals surface area contributed by atoms with Crippen molar-refractivity contribution in [3.05, 3.63) is 77.6 Å². The van der Waals surface area contributed by atoms with Gasteiger partial charge in [0.1, 0.15) is 5.82 Å². The number of hydrogen-bond acceptors (Lipinski definition) is 9. The Labute approximate surface area is 245 Å². The van der Waals surface area contributed by atoms with Gasteiger partial charge in [-0.1, -0.05) is 12.1 Å². The Hall–Kier alpha value is -3.93. The molecule has 1 saturated heterocycles. The maximum absolute atomic E-state index is 13.1. The molecule has 3 atom stereocenters. The Morgan fingerprint density at radius 2 is 1.81 bits per heavy atom. The Kier molecular flexibility index (Phi) is 8.53. The van der Waals surface area contributed by atoms with E-state index in [2.05, 4.69) is 29.0 Å². The van der Waals surface area contributed by atoms with Gasteiger partial charge in [0, 0.05) is 43.1 Å². The molecule has 0 spiro atoms. The van der Waals surface area contributed by atoms with Gasteiger partial charge in [0.15, 0.2) is 9.84 Å². The van der Waals surface area contributed by atoms with Crippen LogP contribution in [0.5, 0.6) is 0 Å². The number of anilines is 1. The molecule has 3 aromatic heterocycles. The molecule has 0 saturated carbocycles. The van der Waals surface area contributed by atoms with Gasteiger partial charge in [0.2, 0.25) is 0 Å². The number of hydrogen-bond donors (Lipinski definition) is 2. The molecule has 11 heteroatoms. The zero-order valence-corrected chi connectivity index (χ0v) is 24.9. The lowest BCUT2D eigenvalue weighted by atomic mass is 10.1. The first kappa shape index (κ1) is 29.6. The Bertz CT molecular complexity index is 1720. The van der Waals surface area contributed by atoms with Crippen LogP contribution in [0.1, 0.15) is 47.9 Å². The second-order valence-electron chi connectivity index (χ2n) is 10.8. The number of ether oxygens (including phenoxy) is 1. The number of nitrogens with one attached hydrogen (secondary N) is 1. The van der Waals surface area contributed by atoms with Gasteiger partial charge in [-0.05, 0) is 75.2 Å². The molecule has 220 valence electrons. The second kappa shape index (κ2) is 12.1. The average molecular weight is 590 g/mol. The van der Waals surface area contributed by atoms with Crippen molar-refractivity contribution >= 4 is 32.5 Å². The predicted octanol–water partition coefficient (Wildman–Crippen LogP) is 3.87. The van der Waals surface area contributed by atoms with Gasteiger partial charge in [0.25, 0.3) is 5.91 Å². The number of rotatable bonds is 8. The van der Waals surface area contributed by atoms with E-state index in [1.54, 1.807) is 31.3 Å². The molecule has 10 nitrogen and oxygen atoms in total. The standard InChI is InChI=1S/C31H35N5O5S/c1-19-8-9-22(14-29(19)42(4,39)40)31(38)35-26(12-13-37)28-15-27-23(16-32-28)10-11-25(33-27)24-6-5-7-30(34-24)36-17-20(2)41-21(3)18-36/h5-11,14-16,20-21,26,37H,12-13,17-18H2,1-4H3,(H,35,38)/t20-,21+,26-/m0/s1. The van der Waals surface area contributed by atoms with Crippen molar-refractivity contribution in [2.75, 3.05) is 30.9 Å². The third kappa shape index (κ3) is 6.59. The molecule has 0 bridgehead atoms. The van der Waals surface area contributed by atoms with Crippen LogP contribution in [-0.2, 0) is 14.6 Å². The van der Waals surface area contributed by atoms with E-state index < -0.39 is 21.8 Å². The summed E-state index contributed by atoms with van der Waals surface area (Å²) < 4.78 is 30.2. The van der Waals surface area contributed by atoms with Gasteiger partial charge in [-0.2, -0.15) is 0 Å². The van der Waals surface area contributed by atoms with Gasteiger partial charge >= 0.3 is 0 Å². The summed E-state index contributed by atoms with van der Waals surface area (Å²) in [4.78, 5) is 29.8. The van der Waals surface area contributed by atoms with E-state index >= 15 is 0 Å². The number of fused-ring (bicyclic) bond motifs is 1. The van der Waals surface area contributed by atoms with Crippen molar-refractivity contribution in [2.45, 2.75) is 50.3 Å². The number of carbonyl (C=O) groups is 1. The first-order chi connectivity index (χ1) is 20.0. The number of carbonyl (C=O) groups excluding carboxylic acids is 1. The predicted molar refractivity (Wildman–Crippen MR) is 161 cm³/mol. The van der Waals surface area contributed by atoms with Crippen LogP contribution in [0, 0.1) is 6.92 Å². The Morgan fingerprint density at radius 1 is 1.07 bits per heavy atom. The highest BCUT2D eigenvalue weighted by Gasteiger charge is 2.24. The van der Waals surface area contributed by atoms with Crippen LogP contribution in [0.15, 0.2) is 65.7 Å². The average Bonchev–Trinajstić information content (AvgIpc) is 2.95. The number of nitrogens with zero attached hydrogens (tertiary/aromatic N) is 4. The van der Waals surface area contributed by atoms with Crippen LogP contribution in [0.4, 0.5) is 5.82 Å². The lowest BCUT2D eigenvalue weighted by Crippen LogP contribution is -2.45. The van der Waals surface area contributed by atoms with Crippen LogP contribution < -0.4 is 10.2 Å². The zero-order valence-electron chi connectivity index (χ0n) is 24.1. The quantitative estimate of drug-likeness (QED) is 0.314. The zero-order chi connectivity index (χ0) is 30.0. The molecule has 0 unspecified atom stereocenters. The minimum atomic E-state index is -3.50. The topological polar surface area (TPSA) is 135 Å². The molecular formula is C31H35N5O5S. The van der Waals surface area contributed by atoms with Gasteiger partial charge < -0.3 is 20.1 Å². The van der Waals surface area contributed by atoms with E-state index in [9.17, 15) is 18.3 Å². The molecule has 1 fully saturated rings. The van der Waals surface area contributed by atoms with Crippen molar-refractivity contribution < 1.29 is 23.1 Å². The monoisotopic (exact) mass is 589 g/mol. The van der Waals surface area contributed by atoms with E-state index in [-0.39, 0.29) is 35.7 Å². The van der Waals surface area contributed by atoms with Crippen LogP contribution in [0.25, 0.3) is 22.3 Å². The minimum absolute atomic E-state index is 0.102. The molecule has 4 aromatic rings. The highest BCUT2D eigenvalue weighted by molar-refractivity contribution is 7.90. The van der Waals surface area contributed by atoms with Crippen LogP contribution in [0.2, 0.25) is 0 Å². The van der Waals surface area contributed by atoms with E-state index in [1.807, 2.05) is 30.3 Å². The van der Waals surface area contributed by atoms with Gasteiger partial charge in [-0.15, -0.1) is 0 Å². The molecular weight excluding hydrogens is 554 g/mol. The normalized spacial score (nSPS) is 18.2. The highest BCUT2D eigenvalue weighted by Crippen LogP contribution is 2.26. The fourth-order valence-electron chi connectivity index (χ4n) is 5.28. The molecule has 1 aliphatic rings. The minimum Gasteiger partial charge on any atom is -0.396 e. The lowest BCUT2D eigenvalue weighted by molar-refractivity contribution is -0.00545. The summed E-state index contributed by atoms with van der Waals surface area (Å²) in [7, 11) is -3.50. The summed E-state index contributed by atoms with van der Waals surface area (Å²) in [5.41, 5.74) is 3.41. The smallest absolute Gasteiger partial charge is 0.251 e. The first-order valence-corrected chi connectivity index (χ1v) is 15.8. The molecule has 1 aromatic carbocycles. The van der Waals surface area contributed by atoms with Gasteiger partial charge in [-0.25, -0.2) is 18.4 Å². The Balaban J connectivity index is 1.42. The number of aromatic nitrogens is 3. The third-order valence-corrected chi connectivity index (χ3v) is 8.50. The largest absolute Gasteiger partial charge is 0.396 e. The van der Waals surface area contributed by atoms with E-state index in [0.29, 0.717) is 22.5 Å². The van der Waals surface area contributed by atoms with Crippen molar-refractivity contribution in [3.8, 4) is 11.4 Å². The molecule has 0 aliphatic carbocycles. The number of aryl methyl sites for hydroxylation is 1. The van der Waals surface area contributed by atoms with Crippen molar-refractivity contribution in [1.82, 2.24) is 20.3 Å². The number of sulfone groups is 1. The Morgan fingerprint density at radius 3 is 2.52 bits per heavy atom. The van der Waals surface area contributed by atoms with Crippen molar-refractivity contribution in [2.24, 2.45) is 0 Å². The maximum atomic E-state index is 13.1. The third-order valence-electron chi connectivity index (χ3n) is 7.27. The summed E-state index contributed by atoms with van der Waals surface area (Å²) in [5.74, 6) is 0.405. The van der Waals surface area contributed by atoms with Crippen LogP contribution in [-0.4, -0.2) is 72.5 Å². The van der Waals surface area contributed by atoms with Crippen LogP contribution in [0.3, 0.4) is 0 Å². The number of amides is 1. The lowest BCUT2D eigenvalue weighted by Gasteiger charge is -2.36. The number of benzene rings is 1. The maximum Gasteiger partial charge on any atom is 0.251 e. The molecule has 5 rings (SSSR count). The molecule has 0 radical (unpaired) electrons. The first-order valence-electron chi connectivity index (χ1n) is 13.9. The van der Waals surface area contributed by atoms with Crippen molar-refractivity contribution in [1.29, 1.82) is 0 Å². The summed E-state index contributed by atoms with van der Waals surface area (Å²) in [6.07, 6.45) is 3.25. The van der Waals surface area contributed by atoms with E-state index in [1.165, 1.54) is 6.07 Å². The fraction of sp³-hybridized carbons (Fsp3) is 0.355. The summed E-state index contributed by atoms with van der Waals surface area (Å²) in [6, 6.07) is 15.5. The number of aliphatic hydroxyl groups excluding tert-OH is 1. The van der Waals surface area contributed by atoms with Crippen LogP contribution >= 0.6 is 0 Å². The van der Waals surface area contributed by atoms with E-state index in [0.717, 1.165) is 36.2 Å². The van der Waals surface area contributed by atoms with Gasteiger partial charge in [-0.3, -0.25) is 9.78 Å². The molecule has 2 N–H and O–H groups in total. The molecule has 4 heterocycles. The second-order valence-corrected chi connectivity index (χ2v) is 12.8. The number of morpholine rings is 1. The SMILES string of the molecule is Cc1ccc(C(=O)N[C@@H](CCO)c2cc3nc(-c4cccc(N5C[C@@H](C)O[C@@H](C)C5)n4)ccc3cn2)cc1S(C)(=O)=O. The van der Waals surface area contributed by atoms with E-state index in [4.69, 9.17) is 14.7 Å². The summed E-state index contributed by atoms with van der Waals surface area (Å²) in [6.45, 7) is 7.14.